The molecule has 2 aromatic rings. The zero-order valence-electron chi connectivity index (χ0n) is 12.8. The normalized spacial score (nSPS) is 15.7. The Balaban J connectivity index is 2.03. The molecule has 4 nitrogen and oxygen atoms in total. The third-order valence-corrected chi connectivity index (χ3v) is 4.49. The Labute approximate surface area is 126 Å². The zero-order chi connectivity index (χ0) is 14.7. The van der Waals surface area contributed by atoms with Gasteiger partial charge in [-0.05, 0) is 32.7 Å². The second kappa shape index (κ2) is 6.39. The van der Waals surface area contributed by atoms with Crippen LogP contribution in [0.5, 0.6) is 0 Å². The highest BCUT2D eigenvalue weighted by molar-refractivity contribution is 5.93. The Kier molecular flexibility index (Phi) is 4.34. The summed E-state index contributed by atoms with van der Waals surface area (Å²) in [4.78, 5) is 2.45. The standard InChI is InChI=1S/C17H24N4/c1-13-15-9-4-5-10-16(15)17(20-19-13)21(12-6-11-18)14-7-2-3-8-14/h4-5,9-10,14H,2-3,6-8,11-12,18H2,1H3. The van der Waals surface area contributed by atoms with Gasteiger partial charge in [0.1, 0.15) is 0 Å². The average molecular weight is 284 g/mol. The summed E-state index contributed by atoms with van der Waals surface area (Å²) >= 11 is 0. The van der Waals surface area contributed by atoms with E-state index in [0.717, 1.165) is 31.0 Å². The lowest BCUT2D eigenvalue weighted by Crippen LogP contribution is -2.36. The highest BCUT2D eigenvalue weighted by Gasteiger charge is 2.25. The first-order valence-corrected chi connectivity index (χ1v) is 8.00. The lowest BCUT2D eigenvalue weighted by atomic mass is 10.1. The first-order valence-electron chi connectivity index (χ1n) is 8.00. The summed E-state index contributed by atoms with van der Waals surface area (Å²) in [5.41, 5.74) is 6.73. The Morgan fingerprint density at radius 2 is 1.86 bits per heavy atom. The van der Waals surface area contributed by atoms with E-state index in [-0.39, 0.29) is 0 Å². The Morgan fingerprint density at radius 1 is 1.14 bits per heavy atom. The Morgan fingerprint density at radius 3 is 2.57 bits per heavy atom. The van der Waals surface area contributed by atoms with Gasteiger partial charge in [-0.25, -0.2) is 0 Å². The van der Waals surface area contributed by atoms with E-state index in [1.165, 1.54) is 36.5 Å². The van der Waals surface area contributed by atoms with Crippen LogP contribution in [0.2, 0.25) is 0 Å². The number of rotatable bonds is 5. The van der Waals surface area contributed by atoms with Gasteiger partial charge in [0.15, 0.2) is 5.82 Å². The van der Waals surface area contributed by atoms with Crippen LogP contribution in [0.15, 0.2) is 24.3 Å². The summed E-state index contributed by atoms with van der Waals surface area (Å²) < 4.78 is 0. The van der Waals surface area contributed by atoms with Crippen molar-refractivity contribution < 1.29 is 0 Å². The van der Waals surface area contributed by atoms with Gasteiger partial charge < -0.3 is 10.6 Å². The molecule has 1 aromatic carbocycles. The van der Waals surface area contributed by atoms with Gasteiger partial charge >= 0.3 is 0 Å². The van der Waals surface area contributed by atoms with Crippen molar-refractivity contribution in [1.82, 2.24) is 10.2 Å². The first-order chi connectivity index (χ1) is 10.3. The van der Waals surface area contributed by atoms with Crippen LogP contribution in [0, 0.1) is 6.92 Å². The predicted molar refractivity (Wildman–Crippen MR) is 87.5 cm³/mol. The van der Waals surface area contributed by atoms with Gasteiger partial charge in [-0.15, -0.1) is 5.10 Å². The molecule has 3 rings (SSSR count). The van der Waals surface area contributed by atoms with E-state index < -0.39 is 0 Å². The number of benzene rings is 1. The van der Waals surface area contributed by atoms with Gasteiger partial charge in [0, 0.05) is 23.4 Å². The molecule has 112 valence electrons. The SMILES string of the molecule is Cc1nnc(N(CCCN)C2CCCC2)c2ccccc12. The van der Waals surface area contributed by atoms with E-state index in [1.807, 2.05) is 6.92 Å². The molecule has 0 radical (unpaired) electrons. The summed E-state index contributed by atoms with van der Waals surface area (Å²) in [6.07, 6.45) is 6.16. The molecule has 0 saturated heterocycles. The summed E-state index contributed by atoms with van der Waals surface area (Å²) in [6.45, 7) is 3.72. The minimum atomic E-state index is 0.594. The summed E-state index contributed by atoms with van der Waals surface area (Å²) in [6, 6.07) is 9.05. The van der Waals surface area contributed by atoms with Crippen LogP contribution < -0.4 is 10.6 Å². The Hall–Kier alpha value is -1.68. The van der Waals surface area contributed by atoms with Gasteiger partial charge in [0.2, 0.25) is 0 Å². The smallest absolute Gasteiger partial charge is 0.159 e. The van der Waals surface area contributed by atoms with Gasteiger partial charge in [0.05, 0.1) is 5.69 Å². The molecular formula is C17H24N4. The summed E-state index contributed by atoms with van der Waals surface area (Å²) in [5, 5.41) is 11.3. The van der Waals surface area contributed by atoms with Crippen molar-refractivity contribution in [2.24, 2.45) is 5.73 Å². The highest BCUT2D eigenvalue weighted by Crippen LogP contribution is 2.32. The van der Waals surface area contributed by atoms with Crippen LogP contribution >= 0.6 is 0 Å². The van der Waals surface area contributed by atoms with Crippen molar-refractivity contribution >= 4 is 16.6 Å². The van der Waals surface area contributed by atoms with E-state index in [9.17, 15) is 0 Å². The molecule has 0 spiro atoms. The van der Waals surface area contributed by atoms with E-state index in [2.05, 4.69) is 39.4 Å². The molecule has 1 aliphatic rings. The predicted octanol–water partition coefficient (Wildman–Crippen LogP) is 3.04. The molecule has 1 aromatic heterocycles. The molecule has 4 heteroatoms. The topological polar surface area (TPSA) is 55.0 Å². The van der Waals surface area contributed by atoms with Crippen molar-refractivity contribution in [2.45, 2.75) is 45.1 Å². The number of nitrogens with two attached hydrogens (primary N) is 1. The summed E-state index contributed by atoms with van der Waals surface area (Å²) in [7, 11) is 0. The number of hydrogen-bond acceptors (Lipinski definition) is 4. The minimum absolute atomic E-state index is 0.594. The zero-order valence-corrected chi connectivity index (χ0v) is 12.8. The highest BCUT2D eigenvalue weighted by atomic mass is 15.3. The molecule has 0 aliphatic heterocycles. The molecule has 0 bridgehead atoms. The van der Waals surface area contributed by atoms with Crippen molar-refractivity contribution in [3.8, 4) is 0 Å². The molecule has 21 heavy (non-hydrogen) atoms. The van der Waals surface area contributed by atoms with Crippen molar-refractivity contribution in [1.29, 1.82) is 0 Å². The number of hydrogen-bond donors (Lipinski definition) is 1. The molecule has 1 heterocycles. The Bertz CT molecular complexity index is 605. The van der Waals surface area contributed by atoms with Crippen LogP contribution in [-0.2, 0) is 0 Å². The second-order valence-electron chi connectivity index (χ2n) is 5.93. The third kappa shape index (κ3) is 2.86. The first kappa shape index (κ1) is 14.3. The van der Waals surface area contributed by atoms with E-state index in [4.69, 9.17) is 5.73 Å². The fourth-order valence-corrected chi connectivity index (χ4v) is 3.37. The maximum absolute atomic E-state index is 5.73. The largest absolute Gasteiger partial charge is 0.352 e. The molecule has 1 saturated carbocycles. The fraction of sp³-hybridized carbons (Fsp3) is 0.529. The number of nitrogens with zero attached hydrogens (tertiary/aromatic N) is 3. The lowest BCUT2D eigenvalue weighted by Gasteiger charge is -2.30. The van der Waals surface area contributed by atoms with E-state index in [0.29, 0.717) is 6.04 Å². The van der Waals surface area contributed by atoms with Crippen LogP contribution in [0.1, 0.15) is 37.8 Å². The molecule has 0 unspecified atom stereocenters. The van der Waals surface area contributed by atoms with Crippen LogP contribution in [0.4, 0.5) is 5.82 Å². The lowest BCUT2D eigenvalue weighted by molar-refractivity contribution is 0.585. The van der Waals surface area contributed by atoms with Crippen LogP contribution in [-0.4, -0.2) is 29.3 Å². The maximum Gasteiger partial charge on any atom is 0.159 e. The van der Waals surface area contributed by atoms with Gasteiger partial charge in [-0.2, -0.15) is 5.10 Å². The minimum Gasteiger partial charge on any atom is -0.352 e. The fourth-order valence-electron chi connectivity index (χ4n) is 3.37. The number of aromatic nitrogens is 2. The van der Waals surface area contributed by atoms with Crippen molar-refractivity contribution in [2.75, 3.05) is 18.0 Å². The molecule has 1 aliphatic carbocycles. The van der Waals surface area contributed by atoms with Gasteiger partial charge in [0.25, 0.3) is 0 Å². The molecule has 2 N–H and O–H groups in total. The monoisotopic (exact) mass is 284 g/mol. The third-order valence-electron chi connectivity index (χ3n) is 4.49. The van der Waals surface area contributed by atoms with Gasteiger partial charge in [-0.3, -0.25) is 0 Å². The van der Waals surface area contributed by atoms with E-state index >= 15 is 0 Å². The molecular weight excluding hydrogens is 260 g/mol. The average Bonchev–Trinajstić information content (AvgIpc) is 3.04. The maximum atomic E-state index is 5.73. The van der Waals surface area contributed by atoms with E-state index in [1.54, 1.807) is 0 Å². The van der Waals surface area contributed by atoms with Crippen LogP contribution in [0.3, 0.4) is 0 Å². The number of aryl methyl sites for hydroxylation is 1. The number of fused-ring (bicyclic) bond motifs is 1. The summed E-state index contributed by atoms with van der Waals surface area (Å²) in [5.74, 6) is 1.04. The van der Waals surface area contributed by atoms with Gasteiger partial charge in [-0.1, -0.05) is 37.1 Å². The second-order valence-corrected chi connectivity index (χ2v) is 5.93. The molecule has 0 amide bonds. The van der Waals surface area contributed by atoms with Crippen LogP contribution in [0.25, 0.3) is 10.8 Å². The number of anilines is 1. The quantitative estimate of drug-likeness (QED) is 0.917. The van der Waals surface area contributed by atoms with Crippen molar-refractivity contribution in [3.63, 3.8) is 0 Å². The van der Waals surface area contributed by atoms with Crippen molar-refractivity contribution in [3.05, 3.63) is 30.0 Å². The molecule has 0 atom stereocenters. The molecule has 1 fully saturated rings.